The highest BCUT2D eigenvalue weighted by Crippen LogP contribution is 2.61. The quantitative estimate of drug-likeness (QED) is 0.0148. The van der Waals surface area contributed by atoms with Crippen molar-refractivity contribution in [2.24, 2.45) is 23.2 Å². The monoisotopic (exact) mass is 1660 g/mol. The second-order valence-electron chi connectivity index (χ2n) is 28.3. The molecular formula is C80H123ClN8O27. The lowest BCUT2D eigenvalue weighted by Crippen LogP contribution is -2.60. The fraction of sp³-hybridized carbons (Fsp3) is 0.700. The summed E-state index contributed by atoms with van der Waals surface area (Å²) >= 11 is 7.67. The summed E-state index contributed by atoms with van der Waals surface area (Å²) in [5.74, 6) is -8.44. The maximum absolute atomic E-state index is 14.4. The summed E-state index contributed by atoms with van der Waals surface area (Å²) in [6.07, 6.45) is 7.60. The molecule has 8 N–H and O–H groups in total. The number of allylic oxidation sites excluding steroid dienone is 4. The molecule has 116 heavy (non-hydrogen) atoms. The molecule has 0 aromatic heterocycles. The number of ketones is 2. The predicted molar refractivity (Wildman–Crippen MR) is 419 cm³/mol. The number of unbranched alkanes of at least 4 members (excludes halogenated alkanes) is 1. The third-order valence-corrected chi connectivity index (χ3v) is 20.9. The van der Waals surface area contributed by atoms with Crippen molar-refractivity contribution < 1.29 is 129 Å². The number of rotatable bonds is 63. The summed E-state index contributed by atoms with van der Waals surface area (Å²) in [4.78, 5) is 156. The number of nitrogens with one attached hydrogen (secondary N) is 7. The third-order valence-electron chi connectivity index (χ3n) is 20.0. The van der Waals surface area contributed by atoms with Crippen molar-refractivity contribution in [3.8, 4) is 0 Å². The topological polar surface area (TPSA) is 442 Å². The van der Waals surface area contributed by atoms with Crippen molar-refractivity contribution in [2.75, 3.05) is 205 Å². The van der Waals surface area contributed by atoms with Gasteiger partial charge in [-0.15, -0.1) is 11.6 Å². The minimum Gasteiger partial charge on any atom is -0.451 e. The van der Waals surface area contributed by atoms with E-state index in [2.05, 4.69) is 37.2 Å². The molecule has 36 heteroatoms. The van der Waals surface area contributed by atoms with Gasteiger partial charge in [-0.3, -0.25) is 62.4 Å². The smallest absolute Gasteiger partial charge is 0.306 e. The van der Waals surface area contributed by atoms with Crippen molar-refractivity contribution >= 4 is 82.3 Å². The summed E-state index contributed by atoms with van der Waals surface area (Å²) < 4.78 is 77.0. The van der Waals surface area contributed by atoms with Gasteiger partial charge in [0.05, 0.1) is 183 Å². The van der Waals surface area contributed by atoms with Crippen molar-refractivity contribution in [2.45, 2.75) is 133 Å². The van der Waals surface area contributed by atoms with Crippen LogP contribution in [0.25, 0.3) is 0 Å². The van der Waals surface area contributed by atoms with Crippen LogP contribution in [0.3, 0.4) is 0 Å². The van der Waals surface area contributed by atoms with Crippen LogP contribution in [0.4, 0.5) is 0 Å². The van der Waals surface area contributed by atoms with Crippen LogP contribution in [-0.2, 0) is 130 Å². The maximum atomic E-state index is 14.4. The number of methoxy groups -OCH3 is 1. The van der Waals surface area contributed by atoms with E-state index in [0.717, 1.165) is 22.6 Å². The first-order chi connectivity index (χ1) is 56.0. The molecule has 0 radical (unpaired) electrons. The normalized spacial score (nSPS) is 20.9. The van der Waals surface area contributed by atoms with Crippen LogP contribution in [0.15, 0.2) is 66.3 Å². The minimum atomic E-state index is -1.74. The molecule has 35 nitrogen and oxygen atoms in total. The number of imide groups is 1. The highest BCUT2D eigenvalue weighted by Gasteiger charge is 2.62. The van der Waals surface area contributed by atoms with E-state index in [1.807, 2.05) is 20.8 Å². The molecule has 1 aliphatic heterocycles. The second kappa shape index (κ2) is 56.7. The van der Waals surface area contributed by atoms with Gasteiger partial charge in [-0.25, -0.2) is 0 Å². The van der Waals surface area contributed by atoms with Gasteiger partial charge < -0.3 is 109 Å². The number of hydrogen-bond donors (Lipinski definition) is 8. The lowest BCUT2D eigenvalue weighted by Gasteiger charge is -2.57. The number of hydrogen-bond acceptors (Lipinski definition) is 27. The number of Topliss-reactive ketones (excluding diaryl/α,β-unsaturated/α-hetero) is 1. The van der Waals surface area contributed by atoms with E-state index in [-0.39, 0.29) is 101 Å². The molecule has 5 rings (SSSR count). The zero-order valence-corrected chi connectivity index (χ0v) is 68.6. The molecule has 3 aliphatic carbocycles. The number of nitrogens with zero attached hydrogens (tertiary/aromatic N) is 1. The molecule has 2 saturated carbocycles. The number of ether oxygens (including phenoxy) is 14. The molecule has 0 spiro atoms. The van der Waals surface area contributed by atoms with Crippen molar-refractivity contribution in [1.82, 2.24) is 42.1 Å². The van der Waals surface area contributed by atoms with Gasteiger partial charge in [0.1, 0.15) is 25.4 Å². The van der Waals surface area contributed by atoms with E-state index in [4.69, 9.17) is 77.9 Å². The Bertz CT molecular complexity index is 3280. The molecule has 1 aromatic rings. The standard InChI is InChI=1S/C80H123ClN8O27/c1-6-75(100)116-79(24-20-66(91)80(81)63(58(2)50-59(79)3)16-15-61-52-62(90)19-23-78(61,80)4)67(92)56-115-57-86-71(96)54-85-77(102)65(51-60-12-8-7-9-13-60)88-72(97)55-83-70(95)53-84-76(101)64(87-69(94)21-26-89-73(98)17-18-74(89)99)14-10-11-25-82-68(93)22-27-104-30-31-106-34-35-108-38-39-110-42-43-112-46-47-114-49-48-113-45-44-111-41-40-109-37-36-107-33-32-105-29-28-103-5/h7-9,12-13,17-19,23,52,58-59,63-66,91H,6,10-11,14-16,20-22,24-51,53-57H2,1-5H3,(H,82,93)(H,83,95)(H,84,101)(H,85,102)(H,86,96)(H,87,94)(H,88,97)/t58-,59-,63-,64-,65-,66-,78-,79-,80-/m0/s1. The van der Waals surface area contributed by atoms with Crippen LogP contribution < -0.4 is 37.2 Å². The first kappa shape index (κ1) is 99.0. The Morgan fingerprint density at radius 2 is 1.05 bits per heavy atom. The highest BCUT2D eigenvalue weighted by molar-refractivity contribution is 6.26. The molecule has 9 atom stereocenters. The van der Waals surface area contributed by atoms with E-state index in [1.165, 1.54) is 6.08 Å². The molecule has 9 amide bonds. The largest absolute Gasteiger partial charge is 0.451 e. The Labute approximate surface area is 684 Å². The van der Waals surface area contributed by atoms with Gasteiger partial charge in [0.25, 0.3) is 11.8 Å². The Hall–Kier alpha value is -7.59. The van der Waals surface area contributed by atoms with Gasteiger partial charge in [-0.2, -0.15) is 0 Å². The number of aliphatic hydroxyl groups excluding tert-OH is 1. The number of halogens is 1. The van der Waals surface area contributed by atoms with Crippen molar-refractivity contribution in [3.63, 3.8) is 0 Å². The van der Waals surface area contributed by atoms with E-state index in [0.29, 0.717) is 170 Å². The Morgan fingerprint density at radius 3 is 1.58 bits per heavy atom. The number of carbonyl (C=O) groups is 12. The molecule has 652 valence electrons. The zero-order chi connectivity index (χ0) is 84.2. The fourth-order valence-electron chi connectivity index (χ4n) is 13.6. The maximum Gasteiger partial charge on any atom is 0.306 e. The van der Waals surface area contributed by atoms with Crippen LogP contribution in [0.1, 0.15) is 104 Å². The third kappa shape index (κ3) is 36.3. The summed E-state index contributed by atoms with van der Waals surface area (Å²) in [5, 5.41) is 29.9. The van der Waals surface area contributed by atoms with Crippen LogP contribution in [-0.4, -0.2) is 314 Å². The number of alkyl halides is 1. The minimum absolute atomic E-state index is 0.0319. The Morgan fingerprint density at radius 1 is 0.560 bits per heavy atom. The number of esters is 1. The first-order valence-electron chi connectivity index (χ1n) is 40.0. The highest BCUT2D eigenvalue weighted by atomic mass is 35.5. The average molecular weight is 1660 g/mol. The van der Waals surface area contributed by atoms with Crippen LogP contribution >= 0.6 is 11.6 Å². The lowest BCUT2D eigenvalue weighted by molar-refractivity contribution is -0.178. The number of amides is 9. The number of aliphatic hydroxyl groups is 1. The summed E-state index contributed by atoms with van der Waals surface area (Å²) in [5.41, 5.74) is -1.16. The molecule has 1 heterocycles. The molecular weight excluding hydrogens is 1540 g/mol. The van der Waals surface area contributed by atoms with E-state index in [9.17, 15) is 62.6 Å². The van der Waals surface area contributed by atoms with Gasteiger partial charge in [-0.1, -0.05) is 69.7 Å². The zero-order valence-electron chi connectivity index (χ0n) is 67.8. The SMILES string of the molecule is CCC(=O)O[C@@]1(C(=O)COCNC(=O)CNC(=O)[C@H](Cc2ccccc2)NC(=O)CNC(=O)CNC(=O)[C@H](CCCCNC(=O)CCOCCOCCOCCOCCOCCOCCOCCOCCOCCOCCOCCOC)NC(=O)CCN2C(=O)C=CC2=O)CC[C@H](O)[C@@]2(Cl)[C@@H](CCC3=CC(=O)C=C[C@@]32C)[C@@H](C)C[C@@H]1C. The molecule has 2 fully saturated rings. The van der Waals surface area contributed by atoms with Crippen LogP contribution in [0.2, 0.25) is 0 Å². The summed E-state index contributed by atoms with van der Waals surface area (Å²) in [6, 6.07) is 6.14. The fourth-order valence-corrected chi connectivity index (χ4v) is 14.2. The molecule has 0 bridgehead atoms. The predicted octanol–water partition coefficient (Wildman–Crippen LogP) is 0.996. The number of benzene rings is 1. The second-order valence-corrected chi connectivity index (χ2v) is 28.9. The van der Waals surface area contributed by atoms with Crippen molar-refractivity contribution in [3.05, 3.63) is 71.8 Å². The van der Waals surface area contributed by atoms with Crippen molar-refractivity contribution in [1.29, 1.82) is 0 Å². The van der Waals surface area contributed by atoms with Crippen LogP contribution in [0, 0.1) is 23.2 Å². The molecule has 4 aliphatic rings. The van der Waals surface area contributed by atoms with Gasteiger partial charge in [-0.05, 0) is 80.9 Å². The van der Waals surface area contributed by atoms with Crippen LogP contribution in [0.5, 0.6) is 0 Å². The van der Waals surface area contributed by atoms with Gasteiger partial charge in [0, 0.05) is 69.4 Å². The van der Waals surface area contributed by atoms with Gasteiger partial charge >= 0.3 is 5.97 Å². The van der Waals surface area contributed by atoms with Gasteiger partial charge in [0.2, 0.25) is 47.1 Å². The van der Waals surface area contributed by atoms with Gasteiger partial charge in [0.15, 0.2) is 11.4 Å². The number of fused-ring (bicyclic) bond motifs is 3. The Kier molecular flexibility index (Phi) is 48.4. The first-order valence-corrected chi connectivity index (χ1v) is 40.3. The van der Waals surface area contributed by atoms with E-state index < -0.39 is 132 Å². The molecule has 0 unspecified atom stereocenters. The lowest BCUT2D eigenvalue weighted by atomic mass is 9.53. The summed E-state index contributed by atoms with van der Waals surface area (Å²) in [7, 11) is 1.63. The average Bonchev–Trinajstić information content (AvgIpc) is 1.14. The Balaban J connectivity index is 0.926. The van der Waals surface area contributed by atoms with E-state index >= 15 is 0 Å². The molecule has 0 saturated heterocycles. The summed E-state index contributed by atoms with van der Waals surface area (Å²) in [6.45, 7) is 14.0. The van der Waals surface area contributed by atoms with E-state index in [1.54, 1.807) is 56.5 Å². The molecule has 1 aromatic carbocycles. The number of carbonyl (C=O) groups excluding carboxylic acids is 12.